The molecule has 2 saturated heterocycles. The van der Waals surface area contributed by atoms with Crippen molar-refractivity contribution in [3.63, 3.8) is 0 Å². The molecule has 3 heterocycles. The number of aliphatic hydroxyl groups is 1. The van der Waals surface area contributed by atoms with E-state index in [4.69, 9.17) is 11.6 Å². The van der Waals surface area contributed by atoms with Crippen LogP contribution in [0.1, 0.15) is 68.0 Å². The summed E-state index contributed by atoms with van der Waals surface area (Å²) in [6.45, 7) is 8.18. The molecule has 3 aliphatic rings. The van der Waals surface area contributed by atoms with Gasteiger partial charge in [-0.2, -0.15) is 0 Å². The van der Waals surface area contributed by atoms with Crippen LogP contribution in [0.25, 0.3) is 0 Å². The number of piperidine rings is 1. The number of nitrogens with one attached hydrogen (secondary N) is 1. The summed E-state index contributed by atoms with van der Waals surface area (Å²) >= 11 is 6.21. The van der Waals surface area contributed by atoms with E-state index in [1.807, 2.05) is 29.2 Å². The van der Waals surface area contributed by atoms with Crippen molar-refractivity contribution >= 4 is 29.6 Å². The second-order valence-corrected chi connectivity index (χ2v) is 11.1. The van der Waals surface area contributed by atoms with E-state index in [0.29, 0.717) is 24.5 Å². The minimum absolute atomic E-state index is 0.0246. The normalized spacial score (nSPS) is 24.1. The Morgan fingerprint density at radius 2 is 1.84 bits per heavy atom. The predicted octanol–water partition coefficient (Wildman–Crippen LogP) is 2.70. The average Bonchev–Trinajstić information content (AvgIpc) is 3.23. The van der Waals surface area contributed by atoms with Crippen LogP contribution in [0.3, 0.4) is 0 Å². The molecule has 2 N–H and O–H groups in total. The van der Waals surface area contributed by atoms with Gasteiger partial charge in [0.25, 0.3) is 0 Å². The molecule has 2 aromatic rings. The van der Waals surface area contributed by atoms with Crippen molar-refractivity contribution in [2.24, 2.45) is 0 Å². The maximum Gasteiger partial charge on any atom is 0.220 e. The van der Waals surface area contributed by atoms with Gasteiger partial charge in [-0.25, -0.2) is 9.97 Å². The number of aldehydes is 1. The summed E-state index contributed by atoms with van der Waals surface area (Å²) in [7, 11) is 0. The van der Waals surface area contributed by atoms with Gasteiger partial charge in [0.2, 0.25) is 5.91 Å². The monoisotopic (exact) mass is 540 g/mol. The number of piperazine rings is 1. The molecule has 1 aliphatic carbocycles. The van der Waals surface area contributed by atoms with Crippen molar-refractivity contribution < 1.29 is 14.7 Å². The van der Waals surface area contributed by atoms with E-state index in [9.17, 15) is 14.7 Å². The molecule has 9 nitrogen and oxygen atoms in total. The first-order valence-electron chi connectivity index (χ1n) is 13.6. The maximum absolute atomic E-state index is 13.0. The van der Waals surface area contributed by atoms with Crippen LogP contribution in [0.4, 0.5) is 5.82 Å². The topological polar surface area (TPSA) is 102 Å². The van der Waals surface area contributed by atoms with Crippen LogP contribution in [-0.2, 0) is 9.59 Å². The van der Waals surface area contributed by atoms with E-state index in [1.165, 1.54) is 0 Å². The lowest BCUT2D eigenvalue weighted by atomic mass is 9.93. The Hall–Kier alpha value is -2.59. The average molecular weight is 541 g/mol. The minimum atomic E-state index is -0.609. The lowest BCUT2D eigenvalue weighted by molar-refractivity contribution is -0.140. The summed E-state index contributed by atoms with van der Waals surface area (Å²) in [6, 6.07) is 6.76. The van der Waals surface area contributed by atoms with Gasteiger partial charge in [0.05, 0.1) is 17.8 Å². The molecule has 2 fully saturated rings. The summed E-state index contributed by atoms with van der Waals surface area (Å²) in [5.74, 6) is 1.02. The van der Waals surface area contributed by atoms with Crippen molar-refractivity contribution in [3.8, 4) is 0 Å². The summed E-state index contributed by atoms with van der Waals surface area (Å²) in [5, 5.41) is 14.4. The van der Waals surface area contributed by atoms with E-state index in [-0.39, 0.29) is 23.9 Å². The van der Waals surface area contributed by atoms with E-state index in [1.54, 1.807) is 13.3 Å². The number of amides is 1. The lowest BCUT2D eigenvalue weighted by Gasteiger charge is -2.46. The van der Waals surface area contributed by atoms with Gasteiger partial charge >= 0.3 is 0 Å². The third-order valence-corrected chi connectivity index (χ3v) is 8.60. The quantitative estimate of drug-likeness (QED) is 0.517. The molecular formula is C28H37ClN6O3. The molecule has 0 bridgehead atoms. The minimum Gasteiger partial charge on any atom is -0.387 e. The van der Waals surface area contributed by atoms with Crippen molar-refractivity contribution in [2.75, 3.05) is 44.2 Å². The summed E-state index contributed by atoms with van der Waals surface area (Å²) in [6.07, 6.45) is 4.28. The molecule has 1 aromatic carbocycles. The highest BCUT2D eigenvalue weighted by atomic mass is 35.5. The van der Waals surface area contributed by atoms with Crippen LogP contribution in [-0.4, -0.2) is 88.4 Å². The van der Waals surface area contributed by atoms with Crippen molar-refractivity contribution in [1.29, 1.82) is 0 Å². The number of carbonyl (C=O) groups is 2. The second kappa shape index (κ2) is 11.7. The van der Waals surface area contributed by atoms with E-state index in [2.05, 4.69) is 32.0 Å². The highest BCUT2D eigenvalue weighted by molar-refractivity contribution is 6.30. The maximum atomic E-state index is 13.0. The summed E-state index contributed by atoms with van der Waals surface area (Å²) < 4.78 is 0. The number of aromatic nitrogens is 2. The second-order valence-electron chi connectivity index (χ2n) is 10.7. The fourth-order valence-electron chi connectivity index (χ4n) is 6.54. The molecule has 0 saturated carbocycles. The number of carbonyl (C=O) groups excluding carboxylic acids is 2. The van der Waals surface area contributed by atoms with E-state index < -0.39 is 12.1 Å². The Kier molecular flexibility index (Phi) is 8.28. The molecule has 5 rings (SSSR count). The van der Waals surface area contributed by atoms with E-state index in [0.717, 1.165) is 67.9 Å². The third-order valence-electron chi connectivity index (χ3n) is 8.35. The zero-order valence-corrected chi connectivity index (χ0v) is 22.8. The number of aliphatic hydroxyl groups excluding tert-OH is 1. The van der Waals surface area contributed by atoms with Crippen molar-refractivity contribution in [1.82, 2.24) is 25.1 Å². The SMILES string of the molecule is CC(=O)N(C1CCNCC1)C(C=O)C(c1ccc(Cl)cc1)N1CCN(c2ncnc3c2[C@H](C)C[C@H]3O)CC1. The largest absolute Gasteiger partial charge is 0.387 e. The summed E-state index contributed by atoms with van der Waals surface area (Å²) in [4.78, 5) is 41.1. The van der Waals surface area contributed by atoms with Gasteiger partial charge in [-0.3, -0.25) is 9.69 Å². The van der Waals surface area contributed by atoms with Crippen LogP contribution in [0.5, 0.6) is 0 Å². The zero-order valence-electron chi connectivity index (χ0n) is 22.1. The van der Waals surface area contributed by atoms with Crippen LogP contribution in [0, 0.1) is 0 Å². The third kappa shape index (κ3) is 5.30. The van der Waals surface area contributed by atoms with Crippen LogP contribution in [0.15, 0.2) is 30.6 Å². The molecule has 2 unspecified atom stereocenters. The number of halogens is 1. The number of nitrogens with zero attached hydrogens (tertiary/aromatic N) is 5. The lowest BCUT2D eigenvalue weighted by Crippen LogP contribution is -2.58. The van der Waals surface area contributed by atoms with Gasteiger partial charge in [-0.15, -0.1) is 0 Å². The molecule has 38 heavy (non-hydrogen) atoms. The Morgan fingerprint density at radius 1 is 1.16 bits per heavy atom. The zero-order chi connectivity index (χ0) is 26.8. The number of benzene rings is 1. The number of rotatable bonds is 7. The molecule has 10 heteroatoms. The Bertz CT molecular complexity index is 1130. The fraction of sp³-hybridized carbons (Fsp3) is 0.571. The highest BCUT2D eigenvalue weighted by Crippen LogP contribution is 2.43. The number of hydrogen-bond acceptors (Lipinski definition) is 8. The van der Waals surface area contributed by atoms with Crippen molar-refractivity contribution in [2.45, 2.75) is 63.3 Å². The van der Waals surface area contributed by atoms with Gasteiger partial charge < -0.3 is 25.0 Å². The first-order valence-corrected chi connectivity index (χ1v) is 14.0. The smallest absolute Gasteiger partial charge is 0.220 e. The van der Waals surface area contributed by atoms with Crippen LogP contribution < -0.4 is 10.2 Å². The van der Waals surface area contributed by atoms with Crippen LogP contribution >= 0.6 is 11.6 Å². The number of anilines is 1. The number of fused-ring (bicyclic) bond motifs is 1. The Balaban J connectivity index is 1.42. The number of hydrogen-bond donors (Lipinski definition) is 2. The van der Waals surface area contributed by atoms with Gasteiger partial charge in [-0.1, -0.05) is 30.7 Å². The highest BCUT2D eigenvalue weighted by Gasteiger charge is 2.40. The molecule has 4 atom stereocenters. The van der Waals surface area contributed by atoms with Gasteiger partial charge in [0.15, 0.2) is 0 Å². The first kappa shape index (κ1) is 27.0. The molecular weight excluding hydrogens is 504 g/mol. The standard InChI is InChI=1S/C28H37ClN6O3/c1-18-15-24(38)26-25(18)28(32-17-31-26)34-13-11-33(12-14-34)27(20-3-5-21(29)6-4-20)23(16-36)35(19(2)37)22-7-9-30-10-8-22/h3-6,16-18,22-24,27,30,38H,7-15H2,1-2H3/t18-,23?,24-,27?/m1/s1. The molecule has 2 aliphatic heterocycles. The first-order chi connectivity index (χ1) is 18.4. The Morgan fingerprint density at radius 3 is 2.47 bits per heavy atom. The van der Waals surface area contributed by atoms with Gasteiger partial charge in [-0.05, 0) is 56.0 Å². The molecule has 0 spiro atoms. The summed E-state index contributed by atoms with van der Waals surface area (Å²) in [5.41, 5.74) is 2.76. The van der Waals surface area contributed by atoms with Crippen molar-refractivity contribution in [3.05, 3.63) is 52.4 Å². The van der Waals surface area contributed by atoms with Gasteiger partial charge in [0.1, 0.15) is 24.5 Å². The predicted molar refractivity (Wildman–Crippen MR) is 146 cm³/mol. The molecule has 204 valence electrons. The molecule has 1 aromatic heterocycles. The van der Waals surface area contributed by atoms with Gasteiger partial charge in [0, 0.05) is 49.7 Å². The fourth-order valence-corrected chi connectivity index (χ4v) is 6.66. The van der Waals surface area contributed by atoms with Crippen LogP contribution in [0.2, 0.25) is 5.02 Å². The molecule has 0 radical (unpaired) electrons. The molecule has 1 amide bonds. The van der Waals surface area contributed by atoms with E-state index >= 15 is 0 Å². The Labute approximate surface area is 229 Å².